The molecule has 0 aliphatic carbocycles. The monoisotopic (exact) mass is 395 g/mol. The van der Waals surface area contributed by atoms with Crippen LogP contribution in [0.4, 0.5) is 4.79 Å². The van der Waals surface area contributed by atoms with Gasteiger partial charge in [-0.25, -0.2) is 9.59 Å². The Morgan fingerprint density at radius 1 is 0.966 bits per heavy atom. The number of amides is 2. The maximum atomic E-state index is 11.9. The molecule has 1 saturated heterocycles. The Balaban J connectivity index is 1.38. The lowest BCUT2D eigenvalue weighted by Gasteiger charge is -2.35. The molecule has 150 valence electrons. The highest BCUT2D eigenvalue weighted by Crippen LogP contribution is 2.08. The molecule has 8 heteroatoms. The molecule has 0 bridgehead atoms. The van der Waals surface area contributed by atoms with Crippen LogP contribution < -0.4 is 10.6 Å². The summed E-state index contributed by atoms with van der Waals surface area (Å²) in [7, 11) is 0. The van der Waals surface area contributed by atoms with Crippen LogP contribution in [0.1, 0.15) is 11.1 Å². The van der Waals surface area contributed by atoms with Crippen molar-refractivity contribution >= 4 is 24.2 Å². The molecule has 2 aromatic rings. The number of β-lactam (4-membered cyclic amide) rings is 1. The first kappa shape index (κ1) is 20.1. The first-order chi connectivity index (χ1) is 14.1. The third-order valence-corrected chi connectivity index (χ3v) is 4.22. The molecule has 0 spiro atoms. The van der Waals surface area contributed by atoms with E-state index in [9.17, 15) is 14.4 Å². The topological polar surface area (TPSA) is 106 Å². The summed E-state index contributed by atoms with van der Waals surface area (Å²) in [5.74, 6) is -0.903. The first-order valence-electron chi connectivity index (χ1n) is 9.10. The Morgan fingerprint density at radius 3 is 2.14 bits per heavy atom. The molecule has 0 radical (unpaired) electrons. The van der Waals surface area contributed by atoms with Gasteiger partial charge in [0.2, 0.25) is 5.91 Å². The SMILES string of the molecule is O=C(C=NC[C@@H]1NC(=O)[C@@H]1NC(=O)OCc1ccccc1)OCc1ccccc1. The van der Waals surface area contributed by atoms with Gasteiger partial charge in [0, 0.05) is 0 Å². The van der Waals surface area contributed by atoms with E-state index >= 15 is 0 Å². The van der Waals surface area contributed by atoms with Gasteiger partial charge in [0.1, 0.15) is 25.5 Å². The molecule has 1 aliphatic heterocycles. The van der Waals surface area contributed by atoms with Gasteiger partial charge in [-0.05, 0) is 11.1 Å². The van der Waals surface area contributed by atoms with Crippen LogP contribution in [0.5, 0.6) is 0 Å². The number of ether oxygens (including phenoxy) is 2. The first-order valence-corrected chi connectivity index (χ1v) is 9.10. The standard InChI is InChI=1S/C21H21N3O5/c25-18(28-13-15-7-3-1-4-8-15)12-22-11-17-19(20(26)23-17)24-21(27)29-14-16-9-5-2-6-10-16/h1-10,12,17,19H,11,13-14H2,(H,23,26)(H,24,27)/t17-,19+/m0/s1. The Morgan fingerprint density at radius 2 is 1.55 bits per heavy atom. The average molecular weight is 395 g/mol. The Kier molecular flexibility index (Phi) is 6.94. The molecule has 29 heavy (non-hydrogen) atoms. The third-order valence-electron chi connectivity index (χ3n) is 4.22. The third kappa shape index (κ3) is 6.17. The maximum Gasteiger partial charge on any atom is 0.408 e. The Labute approximate surface area is 167 Å². The molecule has 1 heterocycles. The van der Waals surface area contributed by atoms with Crippen LogP contribution in [0.3, 0.4) is 0 Å². The van der Waals surface area contributed by atoms with Crippen molar-refractivity contribution in [1.29, 1.82) is 0 Å². The van der Waals surface area contributed by atoms with Gasteiger partial charge in [-0.2, -0.15) is 0 Å². The van der Waals surface area contributed by atoms with Crippen molar-refractivity contribution in [3.05, 3.63) is 71.8 Å². The van der Waals surface area contributed by atoms with Crippen LogP contribution in [0.25, 0.3) is 0 Å². The van der Waals surface area contributed by atoms with Crippen molar-refractivity contribution in [2.45, 2.75) is 25.3 Å². The molecule has 2 N–H and O–H groups in total. The highest BCUT2D eigenvalue weighted by Gasteiger charge is 2.40. The van der Waals surface area contributed by atoms with Crippen molar-refractivity contribution in [2.75, 3.05) is 6.54 Å². The van der Waals surface area contributed by atoms with E-state index in [4.69, 9.17) is 9.47 Å². The van der Waals surface area contributed by atoms with E-state index in [1.807, 2.05) is 60.7 Å². The normalized spacial score (nSPS) is 17.9. The lowest BCUT2D eigenvalue weighted by Crippen LogP contribution is -2.70. The summed E-state index contributed by atoms with van der Waals surface area (Å²) in [5, 5.41) is 5.14. The summed E-state index contributed by atoms with van der Waals surface area (Å²) in [6.45, 7) is 0.399. The molecule has 3 rings (SSSR count). The van der Waals surface area contributed by atoms with E-state index in [1.165, 1.54) is 0 Å². The van der Waals surface area contributed by atoms with Crippen molar-refractivity contribution in [3.8, 4) is 0 Å². The number of esters is 1. The molecule has 0 unspecified atom stereocenters. The molecule has 2 atom stereocenters. The summed E-state index contributed by atoms with van der Waals surface area (Å²) < 4.78 is 10.2. The van der Waals surface area contributed by atoms with Crippen LogP contribution in [-0.4, -0.2) is 42.8 Å². The molecule has 1 aliphatic rings. The van der Waals surface area contributed by atoms with Gasteiger partial charge in [0.25, 0.3) is 0 Å². The number of carbonyl (C=O) groups is 3. The van der Waals surface area contributed by atoms with E-state index in [0.717, 1.165) is 17.3 Å². The minimum absolute atomic E-state index is 0.108. The number of nitrogens with one attached hydrogen (secondary N) is 2. The van der Waals surface area contributed by atoms with E-state index in [0.29, 0.717) is 0 Å². The zero-order chi connectivity index (χ0) is 20.5. The number of hydrogen-bond donors (Lipinski definition) is 2. The predicted octanol–water partition coefficient (Wildman–Crippen LogP) is 1.59. The molecule has 2 aromatic carbocycles. The largest absolute Gasteiger partial charge is 0.457 e. The number of nitrogens with zero attached hydrogens (tertiary/aromatic N) is 1. The highest BCUT2D eigenvalue weighted by molar-refractivity contribution is 6.23. The van der Waals surface area contributed by atoms with Crippen LogP contribution in [0.2, 0.25) is 0 Å². The van der Waals surface area contributed by atoms with Crippen molar-refractivity contribution in [3.63, 3.8) is 0 Å². The van der Waals surface area contributed by atoms with Crippen LogP contribution in [0, 0.1) is 0 Å². The van der Waals surface area contributed by atoms with Crippen LogP contribution >= 0.6 is 0 Å². The van der Waals surface area contributed by atoms with E-state index in [-0.39, 0.29) is 25.7 Å². The number of carbonyl (C=O) groups excluding carboxylic acids is 3. The van der Waals surface area contributed by atoms with Gasteiger partial charge < -0.3 is 20.1 Å². The molecular weight excluding hydrogens is 374 g/mol. The van der Waals surface area contributed by atoms with Crippen molar-refractivity contribution < 1.29 is 23.9 Å². The molecule has 0 aromatic heterocycles. The summed E-state index contributed by atoms with van der Waals surface area (Å²) in [6.07, 6.45) is 0.378. The quantitative estimate of drug-likeness (QED) is 0.401. The minimum Gasteiger partial charge on any atom is -0.457 e. The number of alkyl carbamates (subject to hydrolysis) is 1. The van der Waals surface area contributed by atoms with Crippen LogP contribution in [-0.2, 0) is 32.3 Å². The van der Waals surface area contributed by atoms with Crippen molar-refractivity contribution in [2.24, 2.45) is 4.99 Å². The lowest BCUT2D eigenvalue weighted by atomic mass is 9.99. The van der Waals surface area contributed by atoms with Crippen molar-refractivity contribution in [1.82, 2.24) is 10.6 Å². The minimum atomic E-state index is -0.754. The Hall–Kier alpha value is -3.68. The fourth-order valence-electron chi connectivity index (χ4n) is 2.66. The molecule has 1 fully saturated rings. The molecule has 8 nitrogen and oxygen atoms in total. The van der Waals surface area contributed by atoms with Gasteiger partial charge in [0.05, 0.1) is 12.6 Å². The van der Waals surface area contributed by atoms with E-state index in [2.05, 4.69) is 15.6 Å². The van der Waals surface area contributed by atoms with E-state index < -0.39 is 24.1 Å². The van der Waals surface area contributed by atoms with E-state index in [1.54, 1.807) is 0 Å². The molecular formula is C21H21N3O5. The fourth-order valence-corrected chi connectivity index (χ4v) is 2.66. The summed E-state index contributed by atoms with van der Waals surface area (Å²) in [4.78, 5) is 39.3. The number of aliphatic imine (C=N–C) groups is 1. The number of hydrogen-bond acceptors (Lipinski definition) is 6. The Bertz CT molecular complexity index is 870. The zero-order valence-corrected chi connectivity index (χ0v) is 15.6. The average Bonchev–Trinajstić information content (AvgIpc) is 2.75. The maximum absolute atomic E-state index is 11.9. The summed E-state index contributed by atoms with van der Waals surface area (Å²) in [6, 6.07) is 17.3. The van der Waals surface area contributed by atoms with Gasteiger partial charge in [0.15, 0.2) is 0 Å². The van der Waals surface area contributed by atoms with Gasteiger partial charge in [-0.1, -0.05) is 60.7 Å². The van der Waals surface area contributed by atoms with Gasteiger partial charge >= 0.3 is 12.1 Å². The zero-order valence-electron chi connectivity index (χ0n) is 15.6. The second kappa shape index (κ2) is 10.0. The van der Waals surface area contributed by atoms with Gasteiger partial charge in [-0.3, -0.25) is 9.79 Å². The van der Waals surface area contributed by atoms with Crippen LogP contribution in [0.15, 0.2) is 65.7 Å². The molecule has 0 saturated carbocycles. The number of benzene rings is 2. The molecule has 2 amide bonds. The second-order valence-electron chi connectivity index (χ2n) is 6.39. The smallest absolute Gasteiger partial charge is 0.408 e. The lowest BCUT2D eigenvalue weighted by molar-refractivity contribution is -0.136. The highest BCUT2D eigenvalue weighted by atomic mass is 16.5. The second-order valence-corrected chi connectivity index (χ2v) is 6.39. The predicted molar refractivity (Wildman–Crippen MR) is 105 cm³/mol. The summed E-state index contributed by atoms with van der Waals surface area (Å²) in [5.41, 5.74) is 1.72. The summed E-state index contributed by atoms with van der Waals surface area (Å²) >= 11 is 0. The number of rotatable bonds is 8. The fraction of sp³-hybridized carbons (Fsp3) is 0.238. The van der Waals surface area contributed by atoms with Gasteiger partial charge in [-0.15, -0.1) is 0 Å².